The van der Waals surface area contributed by atoms with E-state index < -0.39 is 0 Å². The second kappa shape index (κ2) is 6.26. The lowest BCUT2D eigenvalue weighted by Gasteiger charge is -2.09. The van der Waals surface area contributed by atoms with Crippen LogP contribution in [0.4, 0.5) is 0 Å². The summed E-state index contributed by atoms with van der Waals surface area (Å²) in [7, 11) is 0. The fourth-order valence-electron chi connectivity index (χ4n) is 1.69. The van der Waals surface area contributed by atoms with Gasteiger partial charge in [-0.25, -0.2) is 0 Å². The first-order valence-corrected chi connectivity index (χ1v) is 7.34. The molecule has 0 aliphatic heterocycles. The molecule has 1 aromatic heterocycles. The van der Waals surface area contributed by atoms with Crippen molar-refractivity contribution in [1.82, 2.24) is 14.8 Å². The van der Waals surface area contributed by atoms with E-state index in [-0.39, 0.29) is 0 Å². The van der Waals surface area contributed by atoms with E-state index in [2.05, 4.69) is 35.2 Å². The molecule has 5 heteroatoms. The Bertz CT molecular complexity index is 561. The average molecular weight is 294 g/mol. The van der Waals surface area contributed by atoms with Gasteiger partial charge in [0.1, 0.15) is 0 Å². The molecule has 2 rings (SSSR count). The summed E-state index contributed by atoms with van der Waals surface area (Å²) >= 11 is 7.61. The minimum atomic E-state index is 0.464. The topological polar surface area (TPSA) is 30.7 Å². The van der Waals surface area contributed by atoms with Crippen LogP contribution in [0.15, 0.2) is 42.1 Å². The maximum atomic E-state index is 5.91. The Morgan fingerprint density at radius 3 is 2.58 bits per heavy atom. The molecule has 0 bridgehead atoms. The Morgan fingerprint density at radius 1 is 1.32 bits per heavy atom. The summed E-state index contributed by atoms with van der Waals surface area (Å²) in [6, 6.07) is 7.63. The third-order valence-corrected chi connectivity index (χ3v) is 3.71. The molecule has 19 heavy (non-hydrogen) atoms. The molecular weight excluding hydrogens is 278 g/mol. The van der Waals surface area contributed by atoms with E-state index in [9.17, 15) is 0 Å². The van der Waals surface area contributed by atoms with Crippen LogP contribution in [-0.4, -0.2) is 20.0 Å². The van der Waals surface area contributed by atoms with Gasteiger partial charge < -0.3 is 0 Å². The van der Waals surface area contributed by atoms with Crippen molar-refractivity contribution in [3.8, 4) is 11.4 Å². The molecule has 0 radical (unpaired) electrons. The first kappa shape index (κ1) is 14.2. The summed E-state index contributed by atoms with van der Waals surface area (Å²) < 4.78 is 2.07. The van der Waals surface area contributed by atoms with Gasteiger partial charge in [0.05, 0.1) is 0 Å². The van der Waals surface area contributed by atoms with Crippen LogP contribution in [0.25, 0.3) is 11.4 Å². The molecule has 3 nitrogen and oxygen atoms in total. The Hall–Kier alpha value is -1.26. The number of halogens is 1. The monoisotopic (exact) mass is 293 g/mol. The molecule has 0 aliphatic carbocycles. The number of hydrogen-bond donors (Lipinski definition) is 0. The lowest BCUT2D eigenvalue weighted by molar-refractivity contribution is 0.729. The number of allylic oxidation sites excluding steroid dienone is 1. The predicted molar refractivity (Wildman–Crippen MR) is 81.7 cm³/mol. The summed E-state index contributed by atoms with van der Waals surface area (Å²) in [6.07, 6.45) is 1.85. The van der Waals surface area contributed by atoms with Crippen LogP contribution in [-0.2, 0) is 6.54 Å². The maximum absolute atomic E-state index is 5.91. The third kappa shape index (κ3) is 3.39. The number of hydrogen-bond acceptors (Lipinski definition) is 3. The highest BCUT2D eigenvalue weighted by Gasteiger charge is 2.14. The van der Waals surface area contributed by atoms with Crippen LogP contribution in [0.2, 0.25) is 5.02 Å². The maximum Gasteiger partial charge on any atom is 0.192 e. The highest BCUT2D eigenvalue weighted by Crippen LogP contribution is 2.27. The highest BCUT2D eigenvalue weighted by atomic mass is 35.5. The van der Waals surface area contributed by atoms with Crippen LogP contribution in [0.1, 0.15) is 13.8 Å². The van der Waals surface area contributed by atoms with Gasteiger partial charge in [0.2, 0.25) is 0 Å². The van der Waals surface area contributed by atoms with Crippen molar-refractivity contribution < 1.29 is 0 Å². The molecule has 0 N–H and O–H groups in total. The van der Waals surface area contributed by atoms with Gasteiger partial charge in [0.15, 0.2) is 11.0 Å². The van der Waals surface area contributed by atoms with Crippen molar-refractivity contribution in [2.24, 2.45) is 0 Å². The number of aromatic nitrogens is 3. The van der Waals surface area contributed by atoms with Crippen LogP contribution in [0, 0.1) is 0 Å². The Balaban J connectivity index is 2.42. The molecular formula is C14H16ClN3S. The first-order valence-electron chi connectivity index (χ1n) is 6.08. The van der Waals surface area contributed by atoms with E-state index in [1.807, 2.05) is 30.3 Å². The molecule has 0 fully saturated rings. The van der Waals surface area contributed by atoms with Crippen LogP contribution < -0.4 is 0 Å². The fourth-order valence-corrected chi connectivity index (χ4v) is 2.62. The smallest absolute Gasteiger partial charge is 0.192 e. The zero-order valence-electron chi connectivity index (χ0n) is 11.0. The van der Waals surface area contributed by atoms with Gasteiger partial charge in [-0.2, -0.15) is 0 Å². The lowest BCUT2D eigenvalue weighted by Crippen LogP contribution is -2.02. The zero-order chi connectivity index (χ0) is 13.8. The van der Waals surface area contributed by atoms with Crippen LogP contribution in [0.5, 0.6) is 0 Å². The molecule has 0 unspecified atom stereocenters. The molecule has 1 heterocycles. The summed E-state index contributed by atoms with van der Waals surface area (Å²) in [5.74, 6) is 0.847. The molecule has 2 aromatic rings. The van der Waals surface area contributed by atoms with E-state index >= 15 is 0 Å². The van der Waals surface area contributed by atoms with Crippen molar-refractivity contribution >= 4 is 23.4 Å². The van der Waals surface area contributed by atoms with Crippen molar-refractivity contribution in [2.75, 3.05) is 0 Å². The molecule has 100 valence electrons. The van der Waals surface area contributed by atoms with E-state index in [1.165, 1.54) is 0 Å². The van der Waals surface area contributed by atoms with E-state index in [0.29, 0.717) is 11.8 Å². The number of benzene rings is 1. The second-order valence-electron chi connectivity index (χ2n) is 4.38. The normalized spacial score (nSPS) is 10.9. The summed E-state index contributed by atoms with van der Waals surface area (Å²) in [5, 5.41) is 10.7. The van der Waals surface area contributed by atoms with Crippen molar-refractivity contribution in [1.29, 1.82) is 0 Å². The summed E-state index contributed by atoms with van der Waals surface area (Å²) in [6.45, 7) is 8.77. The first-order chi connectivity index (χ1) is 9.11. The molecule has 0 saturated heterocycles. The minimum Gasteiger partial charge on any atom is -0.298 e. The van der Waals surface area contributed by atoms with Gasteiger partial charge in [0.25, 0.3) is 0 Å². The van der Waals surface area contributed by atoms with Gasteiger partial charge >= 0.3 is 0 Å². The van der Waals surface area contributed by atoms with Gasteiger partial charge in [-0.05, 0) is 24.3 Å². The number of thioether (sulfide) groups is 1. The van der Waals surface area contributed by atoms with Gasteiger partial charge in [-0.1, -0.05) is 43.3 Å². The van der Waals surface area contributed by atoms with Crippen LogP contribution in [0.3, 0.4) is 0 Å². The Morgan fingerprint density at radius 2 is 2.00 bits per heavy atom. The van der Waals surface area contributed by atoms with Crippen molar-refractivity contribution in [3.63, 3.8) is 0 Å². The molecule has 0 amide bonds. The van der Waals surface area contributed by atoms with E-state index in [0.717, 1.165) is 21.6 Å². The highest BCUT2D eigenvalue weighted by molar-refractivity contribution is 7.99. The standard InChI is InChI=1S/C14H16ClN3S/c1-4-9-18-13(11-5-7-12(15)8-6-11)16-17-14(18)19-10(2)3/h4-8,10H,1,9H2,2-3H3. The van der Waals surface area contributed by atoms with Gasteiger partial charge in [0, 0.05) is 22.4 Å². The quantitative estimate of drug-likeness (QED) is 0.609. The SMILES string of the molecule is C=CCn1c(SC(C)C)nnc1-c1ccc(Cl)cc1. The largest absolute Gasteiger partial charge is 0.298 e. The Labute approximate surface area is 122 Å². The summed E-state index contributed by atoms with van der Waals surface area (Å²) in [4.78, 5) is 0. The number of rotatable bonds is 5. The Kier molecular flexibility index (Phi) is 4.66. The van der Waals surface area contributed by atoms with Gasteiger partial charge in [-0.3, -0.25) is 4.57 Å². The van der Waals surface area contributed by atoms with E-state index in [1.54, 1.807) is 11.8 Å². The van der Waals surface area contributed by atoms with Crippen LogP contribution >= 0.6 is 23.4 Å². The molecule has 0 aliphatic rings. The third-order valence-electron chi connectivity index (χ3n) is 2.47. The fraction of sp³-hybridized carbons (Fsp3) is 0.286. The minimum absolute atomic E-state index is 0.464. The predicted octanol–water partition coefficient (Wildman–Crippen LogP) is 4.29. The molecule has 0 saturated carbocycles. The average Bonchev–Trinajstić information content (AvgIpc) is 2.73. The lowest BCUT2D eigenvalue weighted by atomic mass is 10.2. The molecule has 1 aromatic carbocycles. The van der Waals surface area contributed by atoms with Crippen molar-refractivity contribution in [3.05, 3.63) is 41.9 Å². The van der Waals surface area contributed by atoms with Crippen molar-refractivity contribution in [2.45, 2.75) is 30.8 Å². The van der Waals surface area contributed by atoms with Gasteiger partial charge in [-0.15, -0.1) is 16.8 Å². The number of nitrogens with zero attached hydrogens (tertiary/aromatic N) is 3. The molecule has 0 spiro atoms. The van der Waals surface area contributed by atoms with E-state index in [4.69, 9.17) is 11.6 Å². The molecule has 0 atom stereocenters. The summed E-state index contributed by atoms with van der Waals surface area (Å²) in [5.41, 5.74) is 1.01. The second-order valence-corrected chi connectivity index (χ2v) is 6.36. The zero-order valence-corrected chi connectivity index (χ0v) is 12.6.